The van der Waals surface area contributed by atoms with Crippen molar-refractivity contribution in [2.24, 2.45) is 0 Å². The van der Waals surface area contributed by atoms with Gasteiger partial charge in [-0.1, -0.05) is 132 Å². The van der Waals surface area contributed by atoms with Crippen LogP contribution in [-0.4, -0.2) is 6.71 Å². The molecule has 0 saturated carbocycles. The Bertz CT molecular complexity index is 2400. The fraction of sp³-hybridized carbons (Fsp3) is 0.182. The summed E-state index contributed by atoms with van der Waals surface area (Å²) in [6.45, 7) is 14.2. The lowest BCUT2D eigenvalue weighted by Crippen LogP contribution is -2.55. The van der Waals surface area contributed by atoms with Crippen molar-refractivity contribution in [3.05, 3.63) is 132 Å². The van der Waals surface area contributed by atoms with Crippen LogP contribution in [0.25, 0.3) is 44.2 Å². The number of furan rings is 1. The minimum Gasteiger partial charge on any atom is -0.456 e. The monoisotopic (exact) mass is 607 g/mol. The molecular weight excluding hydrogens is 569 g/mol. The van der Waals surface area contributed by atoms with Crippen molar-refractivity contribution < 1.29 is 4.42 Å². The zero-order chi connectivity index (χ0) is 32.2. The number of hydrogen-bond donors (Lipinski definition) is 0. The first kappa shape index (κ1) is 28.2. The summed E-state index contributed by atoms with van der Waals surface area (Å²) >= 11 is 0. The molecule has 0 aliphatic carbocycles. The third-order valence-corrected chi connectivity index (χ3v) is 10.3. The van der Waals surface area contributed by atoms with Crippen molar-refractivity contribution in [2.45, 2.75) is 52.4 Å². The predicted octanol–water partition coefficient (Wildman–Crippen LogP) is 10.1. The molecule has 0 unspecified atom stereocenters. The smallest absolute Gasteiger partial charge is 0.248 e. The van der Waals surface area contributed by atoms with Crippen molar-refractivity contribution in [3.63, 3.8) is 0 Å². The van der Waals surface area contributed by atoms with Gasteiger partial charge in [0.15, 0.2) is 0 Å². The number of fused-ring (bicyclic) bond motifs is 8. The lowest BCUT2D eigenvalue weighted by Gasteiger charge is -2.41. The van der Waals surface area contributed by atoms with Gasteiger partial charge in [0.25, 0.3) is 0 Å². The highest BCUT2D eigenvalue weighted by atomic mass is 16.3. The topological polar surface area (TPSA) is 16.4 Å². The first-order chi connectivity index (χ1) is 22.6. The second-order valence-electron chi connectivity index (χ2n) is 15.4. The minimum atomic E-state index is -0.0519. The van der Waals surface area contributed by atoms with Gasteiger partial charge < -0.3 is 9.32 Å². The van der Waals surface area contributed by atoms with Crippen LogP contribution in [-0.2, 0) is 10.8 Å². The molecule has 2 aliphatic heterocycles. The molecule has 228 valence electrons. The van der Waals surface area contributed by atoms with Gasteiger partial charge >= 0.3 is 0 Å². The third-order valence-electron chi connectivity index (χ3n) is 10.3. The van der Waals surface area contributed by atoms with Crippen LogP contribution in [0.5, 0.6) is 0 Å². The van der Waals surface area contributed by atoms with Crippen LogP contribution in [0.1, 0.15) is 52.7 Å². The van der Waals surface area contributed by atoms with Crippen LogP contribution in [0.4, 0.5) is 17.1 Å². The Morgan fingerprint density at radius 1 is 0.511 bits per heavy atom. The first-order valence-electron chi connectivity index (χ1n) is 16.8. The molecule has 0 bridgehead atoms. The normalized spacial score (nSPS) is 13.7. The summed E-state index contributed by atoms with van der Waals surface area (Å²) in [5, 5.41) is 2.31. The number of nitrogens with zero attached hydrogens (tertiary/aromatic N) is 1. The van der Waals surface area contributed by atoms with Gasteiger partial charge in [-0.05, 0) is 91.5 Å². The average molecular weight is 608 g/mol. The van der Waals surface area contributed by atoms with Crippen molar-refractivity contribution in [3.8, 4) is 22.3 Å². The maximum Gasteiger partial charge on any atom is 0.248 e. The van der Waals surface area contributed by atoms with Gasteiger partial charge in [0.05, 0.1) is 0 Å². The standard InChI is InChI=1S/C44H38BNO/c1-43(2,3)33-16-9-11-20-37(33)46-38-26-28(27-22-23-40-31(24-27)30-15-8-12-21-39(30)47-40)25-32-29-14-7-10-18-35(29)45(41(32)38)36-19-13-17-34(42(36)46)44(4,5)6/h7-26H,1-6H3. The van der Waals surface area contributed by atoms with E-state index < -0.39 is 0 Å². The van der Waals surface area contributed by atoms with E-state index in [2.05, 4.69) is 162 Å². The molecule has 0 amide bonds. The van der Waals surface area contributed by atoms with E-state index in [0.717, 1.165) is 21.9 Å². The lowest BCUT2D eigenvalue weighted by atomic mass is 9.36. The molecule has 2 nitrogen and oxygen atoms in total. The van der Waals surface area contributed by atoms with Crippen molar-refractivity contribution >= 4 is 62.1 Å². The molecule has 2 aliphatic rings. The van der Waals surface area contributed by atoms with Crippen molar-refractivity contribution in [1.29, 1.82) is 0 Å². The van der Waals surface area contributed by atoms with Crippen molar-refractivity contribution in [2.75, 3.05) is 4.90 Å². The number of hydrogen-bond acceptors (Lipinski definition) is 2. The molecule has 7 aromatic rings. The molecule has 3 heteroatoms. The van der Waals surface area contributed by atoms with E-state index in [1.54, 1.807) is 0 Å². The zero-order valence-corrected chi connectivity index (χ0v) is 28.0. The summed E-state index contributed by atoms with van der Waals surface area (Å²) in [5.41, 5.74) is 17.6. The Morgan fingerprint density at radius 3 is 2.02 bits per heavy atom. The van der Waals surface area contributed by atoms with Crippen LogP contribution < -0.4 is 21.3 Å². The van der Waals surface area contributed by atoms with E-state index >= 15 is 0 Å². The highest BCUT2D eigenvalue weighted by molar-refractivity contribution is 7.01. The predicted molar refractivity (Wildman–Crippen MR) is 201 cm³/mol. The molecule has 3 heterocycles. The summed E-state index contributed by atoms with van der Waals surface area (Å²) < 4.78 is 6.23. The Morgan fingerprint density at radius 2 is 1.19 bits per heavy atom. The molecule has 47 heavy (non-hydrogen) atoms. The summed E-state index contributed by atoms with van der Waals surface area (Å²) in [7, 11) is 0. The second-order valence-corrected chi connectivity index (χ2v) is 15.4. The van der Waals surface area contributed by atoms with E-state index in [1.165, 1.54) is 66.8 Å². The number of para-hydroxylation sites is 3. The summed E-state index contributed by atoms with van der Waals surface area (Å²) in [6.07, 6.45) is 0. The SMILES string of the molecule is CC(C)(C)c1ccccc1N1c2cc(-c3ccc4oc5ccccc5c4c3)cc3c2B(c2ccccc2-3)c2cccc(C(C)(C)C)c21. The highest BCUT2D eigenvalue weighted by Crippen LogP contribution is 2.48. The molecule has 0 fully saturated rings. The molecule has 0 radical (unpaired) electrons. The fourth-order valence-electron chi connectivity index (χ4n) is 8.22. The van der Waals surface area contributed by atoms with Crippen LogP contribution in [0.2, 0.25) is 0 Å². The van der Waals surface area contributed by atoms with Crippen LogP contribution in [0.3, 0.4) is 0 Å². The maximum absolute atomic E-state index is 6.23. The second kappa shape index (κ2) is 9.75. The summed E-state index contributed by atoms with van der Waals surface area (Å²) in [4.78, 5) is 2.62. The Kier molecular flexibility index (Phi) is 5.85. The Balaban J connectivity index is 1.40. The number of anilines is 3. The molecule has 0 saturated heterocycles. The van der Waals surface area contributed by atoms with Crippen LogP contribution in [0, 0.1) is 0 Å². The molecule has 0 N–H and O–H groups in total. The average Bonchev–Trinajstić information content (AvgIpc) is 3.60. The van der Waals surface area contributed by atoms with Gasteiger partial charge in [-0.2, -0.15) is 0 Å². The lowest BCUT2D eigenvalue weighted by molar-refractivity contribution is 0.587. The fourth-order valence-corrected chi connectivity index (χ4v) is 8.22. The quantitative estimate of drug-likeness (QED) is 0.182. The first-order valence-corrected chi connectivity index (χ1v) is 16.8. The molecule has 0 spiro atoms. The van der Waals surface area contributed by atoms with E-state index in [4.69, 9.17) is 4.42 Å². The van der Waals surface area contributed by atoms with Gasteiger partial charge in [0.1, 0.15) is 11.2 Å². The third kappa shape index (κ3) is 4.12. The van der Waals surface area contributed by atoms with Gasteiger partial charge in [0, 0.05) is 27.8 Å². The molecule has 6 aromatic carbocycles. The van der Waals surface area contributed by atoms with Crippen LogP contribution in [0.15, 0.2) is 126 Å². The minimum absolute atomic E-state index is 0.0403. The van der Waals surface area contributed by atoms with Crippen LogP contribution >= 0.6 is 0 Å². The molecule has 0 atom stereocenters. The summed E-state index contributed by atoms with van der Waals surface area (Å²) in [6, 6.07) is 45.0. The van der Waals surface area contributed by atoms with E-state index in [0.29, 0.717) is 0 Å². The van der Waals surface area contributed by atoms with Gasteiger partial charge in [0.2, 0.25) is 6.71 Å². The molecule has 1 aromatic heterocycles. The Hall–Kier alpha value is -5.02. The van der Waals surface area contributed by atoms with E-state index in [1.807, 2.05) is 6.07 Å². The Labute approximate surface area is 277 Å². The van der Waals surface area contributed by atoms with Gasteiger partial charge in [-0.3, -0.25) is 0 Å². The molecule has 9 rings (SSSR count). The van der Waals surface area contributed by atoms with Crippen molar-refractivity contribution in [1.82, 2.24) is 0 Å². The maximum atomic E-state index is 6.23. The molecular formula is C44H38BNO. The largest absolute Gasteiger partial charge is 0.456 e. The highest BCUT2D eigenvalue weighted by Gasteiger charge is 2.45. The van der Waals surface area contributed by atoms with Gasteiger partial charge in [-0.15, -0.1) is 0 Å². The van der Waals surface area contributed by atoms with E-state index in [-0.39, 0.29) is 17.5 Å². The zero-order valence-electron chi connectivity index (χ0n) is 28.0. The number of benzene rings is 6. The van der Waals surface area contributed by atoms with Gasteiger partial charge in [-0.25, -0.2) is 0 Å². The summed E-state index contributed by atoms with van der Waals surface area (Å²) in [5.74, 6) is 0. The van der Waals surface area contributed by atoms with E-state index in [9.17, 15) is 0 Å². The number of rotatable bonds is 2.